The average molecular weight is 228 g/mol. The molecule has 1 rings (SSSR count). The van der Waals surface area contributed by atoms with Gasteiger partial charge in [0.1, 0.15) is 5.82 Å². The van der Waals surface area contributed by atoms with Gasteiger partial charge in [-0.25, -0.2) is 13.8 Å². The van der Waals surface area contributed by atoms with Gasteiger partial charge < -0.3 is 5.32 Å². The van der Waals surface area contributed by atoms with Gasteiger partial charge in [-0.15, -0.1) is 0 Å². The summed E-state index contributed by atoms with van der Waals surface area (Å²) in [6, 6.07) is 0.966. The van der Waals surface area contributed by atoms with Crippen LogP contribution in [0.2, 0.25) is 0 Å². The number of nitrogens with zero attached hydrogens (tertiary/aromatic N) is 1. The second kappa shape index (κ2) is 5.77. The highest BCUT2D eigenvalue weighted by molar-refractivity contribution is 5.36. The van der Waals surface area contributed by atoms with Crippen molar-refractivity contribution in [2.24, 2.45) is 5.92 Å². The lowest BCUT2D eigenvalue weighted by Crippen LogP contribution is -2.19. The topological polar surface area (TPSA) is 24.9 Å². The summed E-state index contributed by atoms with van der Waals surface area (Å²) >= 11 is 0. The van der Waals surface area contributed by atoms with Crippen molar-refractivity contribution in [2.75, 3.05) is 5.32 Å². The molecule has 0 saturated heterocycles. The average Bonchev–Trinajstić information content (AvgIpc) is 2.22. The molecule has 0 aliphatic carbocycles. The molecule has 90 valence electrons. The Morgan fingerprint density at radius 3 is 2.62 bits per heavy atom. The van der Waals surface area contributed by atoms with E-state index in [-0.39, 0.29) is 11.9 Å². The van der Waals surface area contributed by atoms with Crippen LogP contribution in [0, 0.1) is 17.6 Å². The van der Waals surface area contributed by atoms with Crippen molar-refractivity contribution in [3.8, 4) is 0 Å². The molecule has 0 radical (unpaired) electrons. The lowest BCUT2D eigenvalue weighted by molar-refractivity contribution is 0.480. The fourth-order valence-corrected chi connectivity index (χ4v) is 1.58. The minimum absolute atomic E-state index is 0.122. The molecular formula is C12H18F2N2. The van der Waals surface area contributed by atoms with E-state index in [2.05, 4.69) is 24.1 Å². The second-order valence-electron chi connectivity index (χ2n) is 4.28. The number of anilines is 1. The van der Waals surface area contributed by atoms with Crippen LogP contribution >= 0.6 is 0 Å². The summed E-state index contributed by atoms with van der Waals surface area (Å²) in [5, 5.41) is 2.95. The van der Waals surface area contributed by atoms with E-state index in [1.54, 1.807) is 0 Å². The molecule has 2 unspecified atom stereocenters. The van der Waals surface area contributed by atoms with Gasteiger partial charge in [-0.1, -0.05) is 20.3 Å². The summed E-state index contributed by atoms with van der Waals surface area (Å²) in [4.78, 5) is 3.69. The number of hydrogen-bond acceptors (Lipinski definition) is 2. The molecule has 0 aliphatic heterocycles. The molecule has 1 N–H and O–H groups in total. The van der Waals surface area contributed by atoms with E-state index in [4.69, 9.17) is 0 Å². The summed E-state index contributed by atoms with van der Waals surface area (Å²) in [7, 11) is 0. The fourth-order valence-electron chi connectivity index (χ4n) is 1.58. The molecular weight excluding hydrogens is 210 g/mol. The Morgan fingerprint density at radius 2 is 2.06 bits per heavy atom. The molecule has 2 atom stereocenters. The SMILES string of the molecule is CCC(C)CC(C)Nc1ncc(F)cc1F. The Hall–Kier alpha value is -1.19. The zero-order chi connectivity index (χ0) is 12.1. The lowest BCUT2D eigenvalue weighted by Gasteiger charge is -2.18. The van der Waals surface area contributed by atoms with E-state index in [1.165, 1.54) is 0 Å². The Balaban J connectivity index is 2.59. The van der Waals surface area contributed by atoms with E-state index in [0.29, 0.717) is 5.92 Å². The van der Waals surface area contributed by atoms with Crippen molar-refractivity contribution in [1.29, 1.82) is 0 Å². The number of aromatic nitrogens is 1. The molecule has 0 aromatic carbocycles. The third kappa shape index (κ3) is 3.76. The first-order chi connectivity index (χ1) is 7.52. The van der Waals surface area contributed by atoms with E-state index in [1.807, 2.05) is 6.92 Å². The molecule has 1 heterocycles. The van der Waals surface area contributed by atoms with Crippen molar-refractivity contribution in [3.63, 3.8) is 0 Å². The van der Waals surface area contributed by atoms with Crippen molar-refractivity contribution >= 4 is 5.82 Å². The molecule has 1 aromatic heterocycles. The van der Waals surface area contributed by atoms with Crippen LogP contribution in [-0.2, 0) is 0 Å². The van der Waals surface area contributed by atoms with Crippen molar-refractivity contribution in [1.82, 2.24) is 4.98 Å². The lowest BCUT2D eigenvalue weighted by atomic mass is 10.0. The molecule has 4 heteroatoms. The number of rotatable bonds is 5. The first-order valence-electron chi connectivity index (χ1n) is 5.60. The number of pyridine rings is 1. The Bertz CT molecular complexity index is 342. The quantitative estimate of drug-likeness (QED) is 0.833. The third-order valence-corrected chi connectivity index (χ3v) is 2.64. The monoisotopic (exact) mass is 228 g/mol. The molecule has 0 aliphatic rings. The Morgan fingerprint density at radius 1 is 1.38 bits per heavy atom. The fraction of sp³-hybridized carbons (Fsp3) is 0.583. The van der Waals surface area contributed by atoms with Gasteiger partial charge in [-0.2, -0.15) is 0 Å². The summed E-state index contributed by atoms with van der Waals surface area (Å²) < 4.78 is 25.9. The maximum Gasteiger partial charge on any atom is 0.168 e. The van der Waals surface area contributed by atoms with Gasteiger partial charge in [0.25, 0.3) is 0 Å². The van der Waals surface area contributed by atoms with Crippen LogP contribution in [0.25, 0.3) is 0 Å². The number of hydrogen-bond donors (Lipinski definition) is 1. The van der Waals surface area contributed by atoms with E-state index < -0.39 is 11.6 Å². The maximum absolute atomic E-state index is 13.3. The van der Waals surface area contributed by atoms with Crippen LogP contribution in [0.5, 0.6) is 0 Å². The molecule has 2 nitrogen and oxygen atoms in total. The van der Waals surface area contributed by atoms with Gasteiger partial charge in [-0.3, -0.25) is 0 Å². The normalized spacial score (nSPS) is 14.6. The standard InChI is InChI=1S/C12H18F2N2/c1-4-8(2)5-9(3)16-12-11(14)6-10(13)7-15-12/h6-9H,4-5H2,1-3H3,(H,15,16). The minimum atomic E-state index is -0.655. The largest absolute Gasteiger partial charge is 0.365 e. The van der Waals surface area contributed by atoms with Crippen LogP contribution in [0.3, 0.4) is 0 Å². The van der Waals surface area contributed by atoms with Crippen molar-refractivity contribution < 1.29 is 8.78 Å². The summed E-state index contributed by atoms with van der Waals surface area (Å²) in [6.07, 6.45) is 3.04. The molecule has 0 bridgehead atoms. The second-order valence-corrected chi connectivity index (χ2v) is 4.28. The van der Waals surface area contributed by atoms with Crippen molar-refractivity contribution in [2.45, 2.75) is 39.7 Å². The summed E-state index contributed by atoms with van der Waals surface area (Å²) in [5.74, 6) is -0.600. The summed E-state index contributed by atoms with van der Waals surface area (Å²) in [5.41, 5.74) is 0. The van der Waals surface area contributed by atoms with E-state index in [9.17, 15) is 8.78 Å². The van der Waals surface area contributed by atoms with Gasteiger partial charge in [0.05, 0.1) is 6.20 Å². The minimum Gasteiger partial charge on any atom is -0.365 e. The maximum atomic E-state index is 13.3. The molecule has 0 saturated carbocycles. The summed E-state index contributed by atoms with van der Waals surface area (Å²) in [6.45, 7) is 6.23. The predicted octanol–water partition coefficient (Wildman–Crippen LogP) is 3.60. The highest BCUT2D eigenvalue weighted by Gasteiger charge is 2.11. The van der Waals surface area contributed by atoms with Crippen LogP contribution < -0.4 is 5.32 Å². The van der Waals surface area contributed by atoms with E-state index >= 15 is 0 Å². The van der Waals surface area contributed by atoms with E-state index in [0.717, 1.165) is 25.1 Å². The zero-order valence-electron chi connectivity index (χ0n) is 9.93. The molecule has 0 fully saturated rings. The van der Waals surface area contributed by atoms with Crippen molar-refractivity contribution in [3.05, 3.63) is 23.9 Å². The first kappa shape index (κ1) is 12.9. The van der Waals surface area contributed by atoms with Crippen LogP contribution in [0.15, 0.2) is 12.3 Å². The molecule has 1 aromatic rings. The highest BCUT2D eigenvalue weighted by atomic mass is 19.1. The van der Waals surface area contributed by atoms with Crippen LogP contribution in [0.4, 0.5) is 14.6 Å². The molecule has 0 spiro atoms. The van der Waals surface area contributed by atoms with Gasteiger partial charge in [0, 0.05) is 12.1 Å². The van der Waals surface area contributed by atoms with Gasteiger partial charge in [0.15, 0.2) is 11.6 Å². The predicted molar refractivity (Wildman–Crippen MR) is 61.3 cm³/mol. The first-order valence-corrected chi connectivity index (χ1v) is 5.60. The Labute approximate surface area is 95.1 Å². The van der Waals surface area contributed by atoms with Gasteiger partial charge in [0.2, 0.25) is 0 Å². The van der Waals surface area contributed by atoms with Gasteiger partial charge in [-0.05, 0) is 19.3 Å². The Kier molecular flexibility index (Phi) is 4.65. The third-order valence-electron chi connectivity index (χ3n) is 2.64. The zero-order valence-corrected chi connectivity index (χ0v) is 9.93. The number of halogens is 2. The smallest absolute Gasteiger partial charge is 0.168 e. The van der Waals surface area contributed by atoms with Crippen LogP contribution in [0.1, 0.15) is 33.6 Å². The highest BCUT2D eigenvalue weighted by Crippen LogP contribution is 2.16. The van der Waals surface area contributed by atoms with Crippen LogP contribution in [-0.4, -0.2) is 11.0 Å². The number of nitrogens with one attached hydrogen (secondary N) is 1. The molecule has 16 heavy (non-hydrogen) atoms. The van der Waals surface area contributed by atoms with Gasteiger partial charge >= 0.3 is 0 Å². The molecule has 0 amide bonds.